The predicted molar refractivity (Wildman–Crippen MR) is 88.2 cm³/mol. The number of benzene rings is 1. The molecule has 1 fully saturated rings. The average Bonchev–Trinajstić information content (AvgIpc) is 2.54. The molecule has 1 aliphatic heterocycles. The number of piperazine rings is 1. The summed E-state index contributed by atoms with van der Waals surface area (Å²) in [6.07, 6.45) is 0. The van der Waals surface area contributed by atoms with E-state index in [1.807, 2.05) is 6.92 Å². The van der Waals surface area contributed by atoms with Gasteiger partial charge < -0.3 is 4.90 Å². The second-order valence-electron chi connectivity index (χ2n) is 5.60. The molecule has 7 nitrogen and oxygen atoms in total. The molecule has 2 rings (SSSR count). The summed E-state index contributed by atoms with van der Waals surface area (Å²) in [4.78, 5) is 2.40. The topological polar surface area (TPSA) is 78.0 Å². The summed E-state index contributed by atoms with van der Waals surface area (Å²) in [7, 11) is -4.26. The predicted octanol–water partition coefficient (Wildman–Crippen LogP) is 0.263. The Hall–Kier alpha value is -1.00. The molecule has 1 aromatic rings. The van der Waals surface area contributed by atoms with Gasteiger partial charge in [-0.1, -0.05) is 6.92 Å². The van der Waals surface area contributed by atoms with Crippen molar-refractivity contribution in [2.75, 3.05) is 46.8 Å². The Bertz CT molecular complexity index is 735. The molecule has 0 unspecified atom stereocenters. The van der Waals surface area contributed by atoms with Gasteiger partial charge in [-0.25, -0.2) is 21.1 Å². The standard InChI is InChI=1S/C14H23N3O4S2/c1-4-16-9-11-17(12-10-16)23(20,21)14-7-5-13(6-8-14)22(18,19)15(2)3/h5-8H,4,9-12H2,1-3H3. The molecule has 0 saturated carbocycles. The van der Waals surface area contributed by atoms with E-state index in [2.05, 4.69) is 4.90 Å². The molecule has 0 radical (unpaired) electrons. The molecule has 0 atom stereocenters. The first-order valence-electron chi connectivity index (χ1n) is 7.44. The number of nitrogens with zero attached hydrogens (tertiary/aromatic N) is 3. The lowest BCUT2D eigenvalue weighted by Crippen LogP contribution is -2.48. The molecule has 0 N–H and O–H groups in total. The van der Waals surface area contributed by atoms with Crippen LogP contribution in [-0.4, -0.2) is 77.2 Å². The number of sulfonamides is 2. The first-order chi connectivity index (χ1) is 10.7. The van der Waals surface area contributed by atoms with Crippen LogP contribution in [0.5, 0.6) is 0 Å². The average molecular weight is 361 g/mol. The minimum Gasteiger partial charge on any atom is -0.301 e. The third-order valence-corrected chi connectivity index (χ3v) is 7.76. The Kier molecular flexibility index (Phi) is 5.47. The normalized spacial score (nSPS) is 18.4. The number of hydrogen-bond donors (Lipinski definition) is 0. The van der Waals surface area contributed by atoms with E-state index in [1.165, 1.54) is 42.7 Å². The van der Waals surface area contributed by atoms with Gasteiger partial charge in [-0.15, -0.1) is 0 Å². The van der Waals surface area contributed by atoms with Crippen molar-refractivity contribution >= 4 is 20.0 Å². The van der Waals surface area contributed by atoms with Crippen molar-refractivity contribution in [3.05, 3.63) is 24.3 Å². The zero-order chi connectivity index (χ0) is 17.3. The van der Waals surface area contributed by atoms with Gasteiger partial charge in [0.25, 0.3) is 0 Å². The van der Waals surface area contributed by atoms with E-state index >= 15 is 0 Å². The SMILES string of the molecule is CCN1CCN(S(=O)(=O)c2ccc(S(=O)(=O)N(C)C)cc2)CC1. The lowest BCUT2D eigenvalue weighted by Gasteiger charge is -2.33. The Morgan fingerprint density at radius 3 is 1.83 bits per heavy atom. The van der Waals surface area contributed by atoms with Crippen LogP contribution in [0, 0.1) is 0 Å². The molecule has 9 heteroatoms. The van der Waals surface area contributed by atoms with Crippen LogP contribution in [0.1, 0.15) is 6.92 Å². The highest BCUT2D eigenvalue weighted by molar-refractivity contribution is 7.89. The van der Waals surface area contributed by atoms with E-state index in [0.29, 0.717) is 26.2 Å². The highest BCUT2D eigenvalue weighted by atomic mass is 32.2. The highest BCUT2D eigenvalue weighted by Gasteiger charge is 2.28. The van der Waals surface area contributed by atoms with Crippen molar-refractivity contribution in [1.82, 2.24) is 13.5 Å². The van der Waals surface area contributed by atoms with Gasteiger partial charge in [0, 0.05) is 40.3 Å². The molecule has 0 aromatic heterocycles. The largest absolute Gasteiger partial charge is 0.301 e. The second kappa shape index (κ2) is 6.86. The van der Waals surface area contributed by atoms with Gasteiger partial charge in [0.1, 0.15) is 0 Å². The summed E-state index contributed by atoms with van der Waals surface area (Å²) >= 11 is 0. The second-order valence-corrected chi connectivity index (χ2v) is 9.69. The minimum absolute atomic E-state index is 0.0808. The van der Waals surface area contributed by atoms with Crippen molar-refractivity contribution in [3.63, 3.8) is 0 Å². The molecule has 0 aliphatic carbocycles. The number of hydrogen-bond acceptors (Lipinski definition) is 5. The van der Waals surface area contributed by atoms with Crippen LogP contribution >= 0.6 is 0 Å². The van der Waals surface area contributed by atoms with Crippen LogP contribution in [0.2, 0.25) is 0 Å². The third-order valence-electron chi connectivity index (χ3n) is 4.02. The molecule has 0 amide bonds. The summed E-state index contributed by atoms with van der Waals surface area (Å²) in [6, 6.07) is 5.39. The van der Waals surface area contributed by atoms with Crippen LogP contribution < -0.4 is 0 Å². The molecule has 1 aliphatic rings. The molecule has 0 spiro atoms. The van der Waals surface area contributed by atoms with Crippen molar-refractivity contribution in [2.45, 2.75) is 16.7 Å². The van der Waals surface area contributed by atoms with Crippen LogP contribution in [0.15, 0.2) is 34.1 Å². The smallest absolute Gasteiger partial charge is 0.243 e. The first kappa shape index (κ1) is 18.3. The van der Waals surface area contributed by atoms with E-state index in [9.17, 15) is 16.8 Å². The molecule has 130 valence electrons. The Labute approximate surface area is 138 Å². The molecule has 1 aromatic carbocycles. The van der Waals surface area contributed by atoms with Crippen molar-refractivity contribution in [2.24, 2.45) is 0 Å². The van der Waals surface area contributed by atoms with E-state index in [0.717, 1.165) is 10.8 Å². The maximum Gasteiger partial charge on any atom is 0.243 e. The molecule has 1 saturated heterocycles. The third kappa shape index (κ3) is 3.74. The summed E-state index contributed by atoms with van der Waals surface area (Å²) in [5.74, 6) is 0. The first-order valence-corrected chi connectivity index (χ1v) is 10.3. The van der Waals surface area contributed by atoms with E-state index in [1.54, 1.807) is 0 Å². The van der Waals surface area contributed by atoms with Gasteiger partial charge in [0.05, 0.1) is 9.79 Å². The van der Waals surface area contributed by atoms with Gasteiger partial charge in [0.15, 0.2) is 0 Å². The van der Waals surface area contributed by atoms with Crippen molar-refractivity contribution in [1.29, 1.82) is 0 Å². The van der Waals surface area contributed by atoms with Gasteiger partial charge in [0.2, 0.25) is 20.0 Å². The zero-order valence-electron chi connectivity index (χ0n) is 13.6. The van der Waals surface area contributed by atoms with Gasteiger partial charge in [-0.05, 0) is 30.8 Å². The quantitative estimate of drug-likeness (QED) is 0.752. The van der Waals surface area contributed by atoms with Gasteiger partial charge >= 0.3 is 0 Å². The summed E-state index contributed by atoms with van der Waals surface area (Å²) < 4.78 is 51.8. The van der Waals surface area contributed by atoms with E-state index in [-0.39, 0.29) is 9.79 Å². The lowest BCUT2D eigenvalue weighted by atomic mass is 10.4. The fourth-order valence-corrected chi connectivity index (χ4v) is 4.75. The van der Waals surface area contributed by atoms with Crippen molar-refractivity contribution < 1.29 is 16.8 Å². The minimum atomic E-state index is -3.58. The number of rotatable bonds is 5. The van der Waals surface area contributed by atoms with Crippen LogP contribution in [0.3, 0.4) is 0 Å². The molecular formula is C14H23N3O4S2. The monoisotopic (exact) mass is 361 g/mol. The van der Waals surface area contributed by atoms with E-state index in [4.69, 9.17) is 0 Å². The lowest BCUT2D eigenvalue weighted by molar-refractivity contribution is 0.196. The Balaban J connectivity index is 2.22. The van der Waals surface area contributed by atoms with E-state index < -0.39 is 20.0 Å². The molecule has 0 bridgehead atoms. The van der Waals surface area contributed by atoms with Crippen LogP contribution in [0.25, 0.3) is 0 Å². The molecular weight excluding hydrogens is 338 g/mol. The van der Waals surface area contributed by atoms with Crippen molar-refractivity contribution in [3.8, 4) is 0 Å². The summed E-state index contributed by atoms with van der Waals surface area (Å²) in [5, 5.41) is 0. The Morgan fingerprint density at radius 1 is 0.913 bits per heavy atom. The maximum atomic E-state index is 12.6. The zero-order valence-corrected chi connectivity index (χ0v) is 15.3. The van der Waals surface area contributed by atoms with Gasteiger partial charge in [-0.2, -0.15) is 4.31 Å². The van der Waals surface area contributed by atoms with Gasteiger partial charge in [-0.3, -0.25) is 0 Å². The molecule has 23 heavy (non-hydrogen) atoms. The highest BCUT2D eigenvalue weighted by Crippen LogP contribution is 2.20. The fraction of sp³-hybridized carbons (Fsp3) is 0.571. The summed E-state index contributed by atoms with van der Waals surface area (Å²) in [5.41, 5.74) is 0. The fourth-order valence-electron chi connectivity index (χ4n) is 2.43. The number of likely N-dealkylation sites (N-methyl/N-ethyl adjacent to an activating group) is 1. The summed E-state index contributed by atoms with van der Waals surface area (Å²) in [6.45, 7) is 5.28. The maximum absolute atomic E-state index is 12.6. The van der Waals surface area contributed by atoms with Crippen LogP contribution in [-0.2, 0) is 20.0 Å². The molecule has 1 heterocycles. The van der Waals surface area contributed by atoms with Crippen LogP contribution in [0.4, 0.5) is 0 Å². The Morgan fingerprint density at radius 2 is 1.39 bits per heavy atom.